The fourth-order valence-corrected chi connectivity index (χ4v) is 2.78. The van der Waals surface area contributed by atoms with Crippen molar-refractivity contribution in [3.63, 3.8) is 0 Å². The van der Waals surface area contributed by atoms with Gasteiger partial charge in [0, 0.05) is 16.3 Å². The number of aliphatic imine (C=N–C) groups is 1. The summed E-state index contributed by atoms with van der Waals surface area (Å²) in [6.45, 7) is 2.03. The number of halogens is 1. The number of aromatic hydroxyl groups is 2. The molecular formula is C21H18BrN3O2. The van der Waals surface area contributed by atoms with Crippen LogP contribution < -0.4 is 0 Å². The van der Waals surface area contributed by atoms with Crippen LogP contribution in [0, 0.1) is 0 Å². The van der Waals surface area contributed by atoms with Gasteiger partial charge in [0.15, 0.2) is 0 Å². The van der Waals surface area contributed by atoms with E-state index in [-0.39, 0.29) is 11.5 Å². The first kappa shape index (κ1) is 18.8. The Morgan fingerprint density at radius 1 is 0.889 bits per heavy atom. The van der Waals surface area contributed by atoms with Crippen molar-refractivity contribution in [1.29, 1.82) is 0 Å². The lowest BCUT2D eigenvalue weighted by Gasteiger charge is -2.03. The van der Waals surface area contributed by atoms with E-state index < -0.39 is 0 Å². The summed E-state index contributed by atoms with van der Waals surface area (Å²) in [5, 5.41) is 28.4. The smallest absolute Gasteiger partial charge is 0.141 e. The van der Waals surface area contributed by atoms with Gasteiger partial charge in [-0.3, -0.25) is 4.99 Å². The normalized spacial score (nSPS) is 11.5. The summed E-state index contributed by atoms with van der Waals surface area (Å²) in [4.78, 5) is 4.30. The average molecular weight is 424 g/mol. The van der Waals surface area contributed by atoms with E-state index in [0.29, 0.717) is 22.6 Å². The number of rotatable bonds is 5. The molecule has 0 aromatic heterocycles. The number of nitrogens with zero attached hydrogens (tertiary/aromatic N) is 3. The largest absolute Gasteiger partial charge is 0.507 e. The predicted octanol–water partition coefficient (Wildman–Crippen LogP) is 6.59. The van der Waals surface area contributed by atoms with Crippen molar-refractivity contribution in [2.45, 2.75) is 13.3 Å². The quantitative estimate of drug-likeness (QED) is 0.358. The van der Waals surface area contributed by atoms with Crippen LogP contribution in [0.1, 0.15) is 18.1 Å². The maximum Gasteiger partial charge on any atom is 0.141 e. The van der Waals surface area contributed by atoms with Gasteiger partial charge in [-0.2, -0.15) is 10.2 Å². The van der Waals surface area contributed by atoms with E-state index in [1.807, 2.05) is 43.3 Å². The Balaban J connectivity index is 1.85. The summed E-state index contributed by atoms with van der Waals surface area (Å²) in [5.74, 6) is 0.166. The molecule has 0 heterocycles. The Bertz CT molecular complexity index is 1020. The van der Waals surface area contributed by atoms with Gasteiger partial charge in [0.25, 0.3) is 0 Å². The highest BCUT2D eigenvalue weighted by Crippen LogP contribution is 2.29. The summed E-state index contributed by atoms with van der Waals surface area (Å²) in [6, 6.07) is 17.7. The Hall–Kier alpha value is -2.99. The Morgan fingerprint density at radius 3 is 2.37 bits per heavy atom. The van der Waals surface area contributed by atoms with Crippen LogP contribution >= 0.6 is 15.9 Å². The van der Waals surface area contributed by atoms with E-state index >= 15 is 0 Å². The third-order valence-electron chi connectivity index (χ3n) is 3.89. The standard InChI is InChI=1S/C21H18BrN3O2/c1-2-14-6-8-21(27)19(10-14)23-13-15-11-18(7-9-20(15)26)25-24-17-5-3-4-16(22)12-17/h3-13,26-27H,2H2,1H3. The number of phenols is 2. The lowest BCUT2D eigenvalue weighted by Crippen LogP contribution is -1.83. The first-order chi connectivity index (χ1) is 13.0. The first-order valence-electron chi connectivity index (χ1n) is 8.41. The maximum absolute atomic E-state index is 10.1. The second-order valence-electron chi connectivity index (χ2n) is 5.86. The first-order valence-corrected chi connectivity index (χ1v) is 9.20. The molecule has 0 spiro atoms. The minimum Gasteiger partial charge on any atom is -0.507 e. The number of hydrogen-bond donors (Lipinski definition) is 2. The molecule has 3 aromatic carbocycles. The van der Waals surface area contributed by atoms with Crippen molar-refractivity contribution in [2.75, 3.05) is 0 Å². The molecule has 0 fully saturated rings. The lowest BCUT2D eigenvalue weighted by molar-refractivity contribution is 0.474. The number of hydrogen-bond acceptors (Lipinski definition) is 5. The van der Waals surface area contributed by atoms with Gasteiger partial charge >= 0.3 is 0 Å². The van der Waals surface area contributed by atoms with Crippen molar-refractivity contribution < 1.29 is 10.2 Å². The molecule has 0 saturated carbocycles. The summed E-state index contributed by atoms with van der Waals surface area (Å²) in [5.41, 5.74) is 3.31. The van der Waals surface area contributed by atoms with Crippen LogP contribution in [0.25, 0.3) is 0 Å². The van der Waals surface area contributed by atoms with Crippen LogP contribution in [0.2, 0.25) is 0 Å². The van der Waals surface area contributed by atoms with Gasteiger partial charge in [0.2, 0.25) is 0 Å². The molecule has 3 rings (SSSR count). The molecule has 0 radical (unpaired) electrons. The number of phenolic OH excluding ortho intramolecular Hbond substituents is 2. The highest BCUT2D eigenvalue weighted by Gasteiger charge is 2.03. The molecular weight excluding hydrogens is 406 g/mol. The zero-order chi connectivity index (χ0) is 19.2. The zero-order valence-electron chi connectivity index (χ0n) is 14.7. The van der Waals surface area contributed by atoms with Crippen molar-refractivity contribution in [2.24, 2.45) is 15.2 Å². The molecule has 0 aliphatic heterocycles. The summed E-state index contributed by atoms with van der Waals surface area (Å²) >= 11 is 3.40. The average Bonchev–Trinajstić information content (AvgIpc) is 2.67. The fourth-order valence-electron chi connectivity index (χ4n) is 2.39. The predicted molar refractivity (Wildman–Crippen MR) is 111 cm³/mol. The molecule has 0 aliphatic rings. The van der Waals surface area contributed by atoms with E-state index in [4.69, 9.17) is 0 Å². The third-order valence-corrected chi connectivity index (χ3v) is 4.38. The van der Waals surface area contributed by atoms with Crippen molar-refractivity contribution >= 4 is 39.2 Å². The number of azo groups is 1. The lowest BCUT2D eigenvalue weighted by atomic mass is 10.1. The number of benzene rings is 3. The minimum absolute atomic E-state index is 0.0753. The molecule has 5 nitrogen and oxygen atoms in total. The molecule has 136 valence electrons. The highest BCUT2D eigenvalue weighted by molar-refractivity contribution is 9.10. The van der Waals surface area contributed by atoms with E-state index in [9.17, 15) is 10.2 Å². The molecule has 0 aliphatic carbocycles. The molecule has 2 N–H and O–H groups in total. The van der Waals surface area contributed by atoms with Gasteiger partial charge in [-0.1, -0.05) is 35.0 Å². The van der Waals surface area contributed by atoms with Crippen LogP contribution in [0.4, 0.5) is 17.1 Å². The van der Waals surface area contributed by atoms with Crippen LogP contribution in [0.15, 0.2) is 80.4 Å². The SMILES string of the molecule is CCc1ccc(O)c(N=Cc2cc(N=Nc3cccc(Br)c3)ccc2O)c1. The van der Waals surface area contributed by atoms with E-state index in [1.54, 1.807) is 24.3 Å². The van der Waals surface area contributed by atoms with Gasteiger partial charge < -0.3 is 10.2 Å². The molecule has 0 amide bonds. The minimum atomic E-state index is 0.0753. The van der Waals surface area contributed by atoms with Crippen molar-refractivity contribution in [3.8, 4) is 11.5 Å². The number of aryl methyl sites for hydroxylation is 1. The van der Waals surface area contributed by atoms with E-state index in [0.717, 1.165) is 16.5 Å². The molecule has 0 saturated heterocycles. The molecule has 27 heavy (non-hydrogen) atoms. The Labute approximate surface area is 165 Å². The molecule has 6 heteroatoms. The summed E-state index contributed by atoms with van der Waals surface area (Å²) < 4.78 is 0.923. The van der Waals surface area contributed by atoms with Crippen LogP contribution in [0.5, 0.6) is 11.5 Å². The Kier molecular flexibility index (Phi) is 5.98. The molecule has 0 unspecified atom stereocenters. The van der Waals surface area contributed by atoms with Crippen LogP contribution in [0.3, 0.4) is 0 Å². The zero-order valence-corrected chi connectivity index (χ0v) is 16.3. The second-order valence-corrected chi connectivity index (χ2v) is 6.77. The molecule has 0 bridgehead atoms. The van der Waals surface area contributed by atoms with Crippen molar-refractivity contribution in [1.82, 2.24) is 0 Å². The van der Waals surface area contributed by atoms with Crippen molar-refractivity contribution in [3.05, 3.63) is 76.3 Å². The monoisotopic (exact) mass is 423 g/mol. The van der Waals surface area contributed by atoms with Gasteiger partial charge in [0.1, 0.15) is 17.2 Å². The molecule has 3 aromatic rings. The fraction of sp³-hybridized carbons (Fsp3) is 0.0952. The van der Waals surface area contributed by atoms with Gasteiger partial charge in [-0.25, -0.2) is 0 Å². The summed E-state index contributed by atoms with van der Waals surface area (Å²) in [7, 11) is 0. The van der Waals surface area contributed by atoms with E-state index in [1.165, 1.54) is 6.21 Å². The van der Waals surface area contributed by atoms with Gasteiger partial charge in [-0.15, -0.1) is 0 Å². The van der Waals surface area contributed by atoms with Gasteiger partial charge in [-0.05, 0) is 60.5 Å². The van der Waals surface area contributed by atoms with E-state index in [2.05, 4.69) is 31.2 Å². The van der Waals surface area contributed by atoms with Gasteiger partial charge in [0.05, 0.1) is 11.4 Å². The highest BCUT2D eigenvalue weighted by atomic mass is 79.9. The molecule has 0 atom stereocenters. The second kappa shape index (κ2) is 8.60. The van der Waals surface area contributed by atoms with Crippen LogP contribution in [-0.4, -0.2) is 16.4 Å². The maximum atomic E-state index is 10.1. The third kappa shape index (κ3) is 5.01. The topological polar surface area (TPSA) is 77.5 Å². The Morgan fingerprint density at radius 2 is 1.63 bits per heavy atom. The summed E-state index contributed by atoms with van der Waals surface area (Å²) in [6.07, 6.45) is 2.35. The van der Waals surface area contributed by atoms with Crippen LogP contribution in [-0.2, 0) is 6.42 Å².